The first-order valence-electron chi connectivity index (χ1n) is 2.94. The van der Waals surface area contributed by atoms with Crippen molar-refractivity contribution >= 4 is 0 Å². The van der Waals surface area contributed by atoms with E-state index in [1.54, 1.807) is 6.20 Å². The zero-order valence-corrected chi connectivity index (χ0v) is 6.66. The lowest BCUT2D eigenvalue weighted by molar-refractivity contribution is 1.11. The molecule has 3 nitrogen and oxygen atoms in total. The number of nitrogens with zero attached hydrogens (tertiary/aromatic N) is 1. The second-order valence-corrected chi connectivity index (χ2v) is 1.81. The van der Waals surface area contributed by atoms with E-state index in [-0.39, 0.29) is 12.3 Å². The van der Waals surface area contributed by atoms with Crippen LogP contribution in [0.2, 0.25) is 0 Å². The van der Waals surface area contributed by atoms with Gasteiger partial charge in [0.05, 0.1) is 0 Å². The van der Waals surface area contributed by atoms with Crippen molar-refractivity contribution < 1.29 is 0 Å². The largest absolute Gasteiger partial charge is 0.344 e. The number of hydrogen-bond acceptors (Lipinski definition) is 3. The molecule has 62 valence electrons. The van der Waals surface area contributed by atoms with Crippen LogP contribution in [0.5, 0.6) is 0 Å². The molecule has 0 amide bonds. The van der Waals surface area contributed by atoms with Gasteiger partial charge in [0.25, 0.3) is 0 Å². The third-order valence-electron chi connectivity index (χ3n) is 1.08. The lowest BCUT2D eigenvalue weighted by atomic mass is 10.3. The lowest BCUT2D eigenvalue weighted by Crippen LogP contribution is -1.82. The van der Waals surface area contributed by atoms with E-state index in [0.717, 1.165) is 12.1 Å². The molecule has 0 fully saturated rings. The third kappa shape index (κ3) is 4.25. The minimum atomic E-state index is 0. The van der Waals surface area contributed by atoms with Gasteiger partial charge in [-0.2, -0.15) is 0 Å². The fourth-order valence-electron chi connectivity index (χ4n) is 0.667. The molecule has 0 bridgehead atoms. The van der Waals surface area contributed by atoms with Gasteiger partial charge in [0, 0.05) is 18.3 Å². The van der Waals surface area contributed by atoms with E-state index in [0.29, 0.717) is 0 Å². The van der Waals surface area contributed by atoms with E-state index in [2.05, 4.69) is 11.6 Å². The molecule has 6 N–H and O–H groups in total. The van der Waals surface area contributed by atoms with Crippen LogP contribution in [-0.4, -0.2) is 4.98 Å². The van der Waals surface area contributed by atoms with Crippen LogP contribution in [0.25, 0.3) is 0 Å². The fourth-order valence-corrected chi connectivity index (χ4v) is 0.667. The average molecular weight is 153 g/mol. The second kappa shape index (κ2) is 6.92. The van der Waals surface area contributed by atoms with Crippen molar-refractivity contribution in [3.05, 3.63) is 42.7 Å². The Kier molecular flexibility index (Phi) is 7.86. The van der Waals surface area contributed by atoms with Gasteiger partial charge >= 0.3 is 0 Å². The number of hydrogen-bond donors (Lipinski definition) is 2. The van der Waals surface area contributed by atoms with Gasteiger partial charge in [0.2, 0.25) is 0 Å². The first kappa shape index (κ1) is 12.5. The molecule has 0 unspecified atom stereocenters. The van der Waals surface area contributed by atoms with Gasteiger partial charge in [-0.1, -0.05) is 12.1 Å². The maximum Gasteiger partial charge on any atom is 0.0441 e. The summed E-state index contributed by atoms with van der Waals surface area (Å²) in [6, 6.07) is 5.88. The van der Waals surface area contributed by atoms with Crippen molar-refractivity contribution in [3.8, 4) is 0 Å². The maximum absolute atomic E-state index is 4.10. The van der Waals surface area contributed by atoms with Crippen LogP contribution >= 0.6 is 0 Å². The molecule has 0 saturated carbocycles. The van der Waals surface area contributed by atoms with Crippen molar-refractivity contribution in [1.82, 2.24) is 17.3 Å². The second-order valence-electron chi connectivity index (χ2n) is 1.81. The van der Waals surface area contributed by atoms with Gasteiger partial charge in [-0.05, 0) is 12.1 Å². The van der Waals surface area contributed by atoms with Crippen LogP contribution in [0, 0.1) is 0 Å². The van der Waals surface area contributed by atoms with E-state index < -0.39 is 0 Å². The number of pyridine rings is 1. The molecule has 0 saturated heterocycles. The highest BCUT2D eigenvalue weighted by atomic mass is 14.7. The van der Waals surface area contributed by atoms with Gasteiger partial charge in [0.15, 0.2) is 0 Å². The normalized spacial score (nSPS) is 7.27. The molecule has 0 aliphatic rings. The lowest BCUT2D eigenvalue weighted by Gasteiger charge is -1.90. The molecule has 0 aromatic carbocycles. The summed E-state index contributed by atoms with van der Waals surface area (Å²) in [6.45, 7) is 3.62. The summed E-state index contributed by atoms with van der Waals surface area (Å²) in [5, 5.41) is 0. The van der Waals surface area contributed by atoms with Crippen molar-refractivity contribution in [1.29, 1.82) is 0 Å². The highest BCUT2D eigenvalue weighted by molar-refractivity contribution is 5.06. The Balaban J connectivity index is 0. The Morgan fingerprint density at radius 2 is 2.09 bits per heavy atom. The molecule has 0 atom stereocenters. The molecule has 11 heavy (non-hydrogen) atoms. The summed E-state index contributed by atoms with van der Waals surface area (Å²) in [5.41, 5.74) is 1.08. The van der Waals surface area contributed by atoms with Crippen molar-refractivity contribution in [2.75, 3.05) is 0 Å². The third-order valence-corrected chi connectivity index (χ3v) is 1.08. The standard InChI is InChI=1S/C8H9N.2H3N/c1-2-5-8-6-3-4-7-9-8;;/h2-4,6-7H,1,5H2;2*1H3. The zero-order valence-electron chi connectivity index (χ0n) is 6.66. The molecule has 0 aliphatic carbocycles. The summed E-state index contributed by atoms with van der Waals surface area (Å²) >= 11 is 0. The van der Waals surface area contributed by atoms with E-state index in [1.165, 1.54) is 0 Å². The molecule has 1 heterocycles. The summed E-state index contributed by atoms with van der Waals surface area (Å²) in [7, 11) is 0. The molecule has 1 aromatic rings. The topological polar surface area (TPSA) is 82.9 Å². The van der Waals surface area contributed by atoms with Crippen LogP contribution in [0.1, 0.15) is 5.69 Å². The van der Waals surface area contributed by atoms with E-state index in [9.17, 15) is 0 Å². The van der Waals surface area contributed by atoms with Crippen molar-refractivity contribution in [2.45, 2.75) is 6.42 Å². The molecule has 0 aliphatic heterocycles. The SMILES string of the molecule is C=CCc1ccccn1.N.N. The predicted molar refractivity (Wildman–Crippen MR) is 48.2 cm³/mol. The molecular weight excluding hydrogens is 138 g/mol. The summed E-state index contributed by atoms with van der Waals surface area (Å²) in [5.74, 6) is 0. The Morgan fingerprint density at radius 1 is 1.36 bits per heavy atom. The molecule has 1 aromatic heterocycles. The maximum atomic E-state index is 4.10. The number of allylic oxidation sites excluding steroid dienone is 1. The molecule has 3 heteroatoms. The van der Waals surface area contributed by atoms with Crippen molar-refractivity contribution in [2.24, 2.45) is 0 Å². The molecular formula is C8H15N3. The van der Waals surface area contributed by atoms with Crippen LogP contribution in [0.15, 0.2) is 37.1 Å². The predicted octanol–water partition coefficient (Wildman–Crippen LogP) is 2.13. The Morgan fingerprint density at radius 3 is 2.55 bits per heavy atom. The van der Waals surface area contributed by atoms with Crippen molar-refractivity contribution in [3.63, 3.8) is 0 Å². The van der Waals surface area contributed by atoms with Crippen LogP contribution in [-0.2, 0) is 6.42 Å². The first-order valence-corrected chi connectivity index (χ1v) is 2.94. The van der Waals surface area contributed by atoms with Gasteiger partial charge in [-0.3, -0.25) is 4.98 Å². The van der Waals surface area contributed by atoms with Gasteiger partial charge < -0.3 is 12.3 Å². The minimum absolute atomic E-state index is 0. The zero-order chi connectivity index (χ0) is 6.53. The van der Waals surface area contributed by atoms with Gasteiger partial charge in [-0.25, -0.2) is 0 Å². The highest BCUT2D eigenvalue weighted by Crippen LogP contribution is 1.93. The van der Waals surface area contributed by atoms with Crippen LogP contribution in [0.4, 0.5) is 0 Å². The monoisotopic (exact) mass is 153 g/mol. The molecule has 0 spiro atoms. The summed E-state index contributed by atoms with van der Waals surface area (Å²) in [6.07, 6.45) is 4.50. The van der Waals surface area contributed by atoms with E-state index in [1.807, 2.05) is 24.3 Å². The first-order chi connectivity index (χ1) is 4.43. The fraction of sp³-hybridized carbons (Fsp3) is 0.125. The summed E-state index contributed by atoms with van der Waals surface area (Å²) in [4.78, 5) is 4.10. The number of aromatic nitrogens is 1. The average Bonchev–Trinajstić information content (AvgIpc) is 1.91. The Bertz CT molecular complexity index is 184. The minimum Gasteiger partial charge on any atom is -0.344 e. The smallest absolute Gasteiger partial charge is 0.0441 e. The van der Waals surface area contributed by atoms with Gasteiger partial charge in [0.1, 0.15) is 0 Å². The van der Waals surface area contributed by atoms with Gasteiger partial charge in [-0.15, -0.1) is 6.58 Å². The van der Waals surface area contributed by atoms with E-state index >= 15 is 0 Å². The summed E-state index contributed by atoms with van der Waals surface area (Å²) < 4.78 is 0. The highest BCUT2D eigenvalue weighted by Gasteiger charge is 1.83. The Labute approximate surface area is 67.3 Å². The number of rotatable bonds is 2. The molecule has 1 rings (SSSR count). The van der Waals surface area contributed by atoms with E-state index in [4.69, 9.17) is 0 Å². The quantitative estimate of drug-likeness (QED) is 0.638. The van der Waals surface area contributed by atoms with Crippen LogP contribution in [0.3, 0.4) is 0 Å². The Hall–Kier alpha value is -1.19. The molecule has 0 radical (unpaired) electrons. The van der Waals surface area contributed by atoms with Crippen LogP contribution < -0.4 is 12.3 Å².